The van der Waals surface area contributed by atoms with Crippen molar-refractivity contribution in [3.8, 4) is 0 Å². The molecule has 1 aromatic carbocycles. The molecular formula is C23H34N4O. The smallest absolute Gasteiger partial charge is 0.140 e. The first-order chi connectivity index (χ1) is 13.5. The zero-order valence-electron chi connectivity index (χ0n) is 17.7. The van der Waals surface area contributed by atoms with Crippen molar-refractivity contribution in [2.75, 3.05) is 20.6 Å². The Kier molecular flexibility index (Phi) is 6.45. The molecule has 1 aromatic heterocycles. The Hall–Kier alpha value is -2.27. The number of hydrogen-bond donors (Lipinski definition) is 3. The third kappa shape index (κ3) is 4.25. The minimum Gasteiger partial charge on any atom is -0.459 e. The summed E-state index contributed by atoms with van der Waals surface area (Å²) in [5, 5.41) is 11.4. The molecule has 1 heterocycles. The number of rotatable bonds is 7. The van der Waals surface area contributed by atoms with Crippen molar-refractivity contribution >= 4 is 16.8 Å². The van der Waals surface area contributed by atoms with Crippen LogP contribution in [-0.4, -0.2) is 26.5 Å². The third-order valence-electron chi connectivity index (χ3n) is 5.73. The van der Waals surface area contributed by atoms with E-state index in [1.807, 2.05) is 7.05 Å². The number of likely N-dealkylation sites (N-methyl/N-ethyl adjacent to an activating group) is 1. The molecule has 1 aliphatic rings. The second-order valence-electron chi connectivity index (χ2n) is 7.96. The van der Waals surface area contributed by atoms with E-state index in [-0.39, 0.29) is 5.54 Å². The van der Waals surface area contributed by atoms with Crippen molar-refractivity contribution in [3.05, 3.63) is 47.4 Å². The summed E-state index contributed by atoms with van der Waals surface area (Å²) in [5.41, 5.74) is 4.55. The predicted octanol–water partition coefficient (Wildman–Crippen LogP) is 4.36. The van der Waals surface area contributed by atoms with Gasteiger partial charge in [0.05, 0.1) is 18.6 Å². The lowest BCUT2D eigenvalue weighted by Gasteiger charge is -2.40. The monoisotopic (exact) mass is 382 g/mol. The molecule has 5 heteroatoms. The molecule has 0 amide bonds. The van der Waals surface area contributed by atoms with Gasteiger partial charge >= 0.3 is 0 Å². The van der Waals surface area contributed by atoms with E-state index in [4.69, 9.17) is 4.42 Å². The molecule has 3 rings (SSSR count). The summed E-state index contributed by atoms with van der Waals surface area (Å²) >= 11 is 0. The molecule has 1 saturated carbocycles. The Balaban J connectivity index is 1.94. The van der Waals surface area contributed by atoms with Crippen molar-refractivity contribution in [2.24, 2.45) is 4.99 Å². The molecule has 1 aliphatic carbocycles. The van der Waals surface area contributed by atoms with E-state index in [9.17, 15) is 0 Å². The highest BCUT2D eigenvalue weighted by Crippen LogP contribution is 2.43. The maximum Gasteiger partial charge on any atom is 0.140 e. The van der Waals surface area contributed by atoms with Crippen molar-refractivity contribution in [1.29, 1.82) is 0 Å². The quantitative estimate of drug-likeness (QED) is 0.492. The predicted molar refractivity (Wildman–Crippen MR) is 118 cm³/mol. The van der Waals surface area contributed by atoms with Gasteiger partial charge in [0, 0.05) is 30.7 Å². The van der Waals surface area contributed by atoms with Crippen LogP contribution in [0.3, 0.4) is 0 Å². The third-order valence-corrected chi connectivity index (χ3v) is 5.73. The van der Waals surface area contributed by atoms with Crippen LogP contribution in [0.2, 0.25) is 0 Å². The first kappa shape index (κ1) is 20.5. The molecule has 3 N–H and O–H groups in total. The number of nitrogens with one attached hydrogen (secondary N) is 3. The second kappa shape index (κ2) is 8.82. The lowest BCUT2D eigenvalue weighted by molar-refractivity contribution is 0.252. The van der Waals surface area contributed by atoms with Crippen LogP contribution in [0.15, 0.2) is 39.9 Å². The topological polar surface area (TPSA) is 61.6 Å². The fourth-order valence-electron chi connectivity index (χ4n) is 4.52. The normalized spacial score (nSPS) is 16.9. The Morgan fingerprint density at radius 2 is 2.00 bits per heavy atom. The van der Waals surface area contributed by atoms with Gasteiger partial charge in [-0.3, -0.25) is 4.99 Å². The second-order valence-corrected chi connectivity index (χ2v) is 7.96. The maximum absolute atomic E-state index is 6.40. The number of hydrogen-bond acceptors (Lipinski definition) is 4. The number of fused-ring (bicyclic) bond motifs is 1. The van der Waals surface area contributed by atoms with Gasteiger partial charge in [0.25, 0.3) is 0 Å². The van der Waals surface area contributed by atoms with Crippen LogP contribution in [0.5, 0.6) is 0 Å². The Morgan fingerprint density at radius 1 is 1.25 bits per heavy atom. The summed E-state index contributed by atoms with van der Waals surface area (Å²) in [7, 11) is 3.68. The standard InChI is InChI=1S/C23H34N4O/c1-16(2)27-23(11-7-6-8-12-23)21-17(3)9-10-18-13-19(28-22(18)21)14-26-15-20(24-4)25-5/h9-10,13,26-27H,1,6-8,11-12,14-15H2,2-5H3,(H,24,25). The fourth-order valence-corrected chi connectivity index (χ4v) is 4.52. The summed E-state index contributed by atoms with van der Waals surface area (Å²) in [6.45, 7) is 9.76. The van der Waals surface area contributed by atoms with E-state index >= 15 is 0 Å². The molecule has 0 saturated heterocycles. The van der Waals surface area contributed by atoms with Gasteiger partial charge < -0.3 is 20.4 Å². The zero-order valence-corrected chi connectivity index (χ0v) is 17.7. The highest BCUT2D eigenvalue weighted by molar-refractivity contribution is 5.84. The van der Waals surface area contributed by atoms with Crippen LogP contribution in [-0.2, 0) is 12.1 Å². The molecule has 0 spiro atoms. The first-order valence-corrected chi connectivity index (χ1v) is 10.3. The summed E-state index contributed by atoms with van der Waals surface area (Å²) < 4.78 is 6.40. The number of benzene rings is 1. The van der Waals surface area contributed by atoms with E-state index in [2.05, 4.69) is 59.6 Å². The molecule has 0 radical (unpaired) electrons. The van der Waals surface area contributed by atoms with Crippen LogP contribution >= 0.6 is 0 Å². The summed E-state index contributed by atoms with van der Waals surface area (Å²) in [6.07, 6.45) is 6.00. The molecular weight excluding hydrogens is 348 g/mol. The largest absolute Gasteiger partial charge is 0.459 e. The van der Waals surface area contributed by atoms with E-state index in [1.54, 1.807) is 7.05 Å². The van der Waals surface area contributed by atoms with Crippen LogP contribution in [0.1, 0.15) is 55.9 Å². The lowest BCUT2D eigenvalue weighted by Crippen LogP contribution is -2.43. The molecule has 0 unspecified atom stereocenters. The van der Waals surface area contributed by atoms with E-state index < -0.39 is 0 Å². The maximum atomic E-state index is 6.40. The van der Waals surface area contributed by atoms with Gasteiger partial charge in [-0.2, -0.15) is 0 Å². The molecule has 28 heavy (non-hydrogen) atoms. The minimum atomic E-state index is -0.0790. The SMILES string of the molecule is C=C(C)NC1(c2c(C)ccc3cc(CNC/C(=N/C)NC)oc23)CCCCC1. The first-order valence-electron chi connectivity index (χ1n) is 10.3. The van der Waals surface area contributed by atoms with Gasteiger partial charge in [-0.05, 0) is 38.3 Å². The number of furan rings is 1. The molecule has 5 nitrogen and oxygen atoms in total. The number of amidine groups is 1. The van der Waals surface area contributed by atoms with Gasteiger partial charge in [0.2, 0.25) is 0 Å². The van der Waals surface area contributed by atoms with Gasteiger partial charge in [-0.1, -0.05) is 38.0 Å². The van der Waals surface area contributed by atoms with E-state index in [0.717, 1.165) is 35.7 Å². The molecule has 0 bridgehead atoms. The molecule has 2 aromatic rings. The molecule has 1 fully saturated rings. The highest BCUT2D eigenvalue weighted by atomic mass is 16.3. The Morgan fingerprint density at radius 3 is 2.64 bits per heavy atom. The van der Waals surface area contributed by atoms with E-state index in [1.165, 1.54) is 35.8 Å². The highest BCUT2D eigenvalue weighted by Gasteiger charge is 2.37. The summed E-state index contributed by atoms with van der Waals surface area (Å²) in [6, 6.07) is 6.55. The van der Waals surface area contributed by atoms with E-state index in [0.29, 0.717) is 13.1 Å². The van der Waals surface area contributed by atoms with Gasteiger partial charge in [-0.15, -0.1) is 0 Å². The van der Waals surface area contributed by atoms with Crippen LogP contribution < -0.4 is 16.0 Å². The number of aliphatic imine (C=N–C) groups is 1. The number of aryl methyl sites for hydroxylation is 1. The fraction of sp³-hybridized carbons (Fsp3) is 0.522. The Labute approximate surface area is 168 Å². The summed E-state index contributed by atoms with van der Waals surface area (Å²) in [5.74, 6) is 1.88. The molecule has 152 valence electrons. The average molecular weight is 383 g/mol. The van der Waals surface area contributed by atoms with Crippen molar-refractivity contribution in [2.45, 2.75) is 58.0 Å². The zero-order chi connectivity index (χ0) is 20.1. The molecule has 0 atom stereocenters. The average Bonchev–Trinajstić information content (AvgIpc) is 3.07. The van der Waals surface area contributed by atoms with Gasteiger partial charge in [-0.25, -0.2) is 0 Å². The van der Waals surface area contributed by atoms with Gasteiger partial charge in [0.1, 0.15) is 17.2 Å². The molecule has 0 aliphatic heterocycles. The van der Waals surface area contributed by atoms with Crippen molar-refractivity contribution in [1.82, 2.24) is 16.0 Å². The van der Waals surface area contributed by atoms with Crippen molar-refractivity contribution in [3.63, 3.8) is 0 Å². The van der Waals surface area contributed by atoms with Crippen molar-refractivity contribution < 1.29 is 4.42 Å². The lowest BCUT2D eigenvalue weighted by atomic mass is 9.74. The van der Waals surface area contributed by atoms with Crippen LogP contribution in [0.4, 0.5) is 0 Å². The minimum absolute atomic E-state index is 0.0790. The summed E-state index contributed by atoms with van der Waals surface area (Å²) in [4.78, 5) is 4.20. The number of nitrogens with zero attached hydrogens (tertiary/aromatic N) is 1. The van der Waals surface area contributed by atoms with Crippen LogP contribution in [0, 0.1) is 6.92 Å². The van der Waals surface area contributed by atoms with Crippen LogP contribution in [0.25, 0.3) is 11.0 Å². The Bertz CT molecular complexity index is 859. The number of allylic oxidation sites excluding steroid dienone is 1. The van der Waals surface area contributed by atoms with Gasteiger partial charge in [0.15, 0.2) is 0 Å².